The number of rotatable bonds is 6. The molecule has 1 aromatic rings. The molecule has 6 heteroatoms. The van der Waals surface area contributed by atoms with Crippen LogP contribution in [0.1, 0.15) is 25.5 Å². The van der Waals surface area contributed by atoms with Gasteiger partial charge in [0.1, 0.15) is 5.82 Å². The molecule has 3 atom stereocenters. The summed E-state index contributed by atoms with van der Waals surface area (Å²) in [5.74, 6) is 1.43. The molecule has 0 saturated carbocycles. The Bertz CT molecular complexity index is 482. The second kappa shape index (κ2) is 8.04. The molecular weight excluding hydrogens is 292 g/mol. The van der Waals surface area contributed by atoms with Crippen LogP contribution in [0.3, 0.4) is 0 Å². The highest BCUT2D eigenvalue weighted by atomic mass is 16.5. The van der Waals surface area contributed by atoms with Gasteiger partial charge >= 0.3 is 0 Å². The van der Waals surface area contributed by atoms with Crippen molar-refractivity contribution in [3.05, 3.63) is 17.8 Å². The lowest BCUT2D eigenvalue weighted by molar-refractivity contribution is -0.0760. The molecule has 0 bridgehead atoms. The number of piperidine rings is 1. The molecule has 23 heavy (non-hydrogen) atoms. The third-order valence-corrected chi connectivity index (χ3v) is 4.73. The van der Waals surface area contributed by atoms with Crippen molar-refractivity contribution in [3.63, 3.8) is 0 Å². The normalized spacial score (nSPS) is 28.3. The molecule has 1 N–H and O–H groups in total. The lowest BCUT2D eigenvalue weighted by Gasteiger charge is -2.46. The quantitative estimate of drug-likeness (QED) is 0.805. The molecule has 1 aromatic heterocycles. The molecule has 0 unspecified atom stereocenters. The minimum atomic E-state index is 0.257. The molecule has 0 spiro atoms. The molecule has 0 aliphatic carbocycles. The van der Waals surface area contributed by atoms with Gasteiger partial charge in [0.15, 0.2) is 0 Å². The smallest absolute Gasteiger partial charge is 0.149 e. The molecule has 0 aromatic carbocycles. The van der Waals surface area contributed by atoms with E-state index in [0.717, 1.165) is 57.4 Å². The summed E-state index contributed by atoms with van der Waals surface area (Å²) in [4.78, 5) is 2.49. The van der Waals surface area contributed by atoms with E-state index in [-0.39, 0.29) is 12.1 Å². The van der Waals surface area contributed by atoms with Crippen molar-refractivity contribution in [1.82, 2.24) is 15.1 Å². The zero-order chi connectivity index (χ0) is 16.1. The van der Waals surface area contributed by atoms with Crippen LogP contribution >= 0.6 is 0 Å². The third-order valence-electron chi connectivity index (χ3n) is 4.73. The molecule has 0 amide bonds. The minimum Gasteiger partial charge on any atom is -0.380 e. The van der Waals surface area contributed by atoms with Gasteiger partial charge in [-0.2, -0.15) is 5.10 Å². The Hall–Kier alpha value is -1.24. The fraction of sp³-hybridized carbons (Fsp3) is 0.765. The number of ether oxygens (including phenoxy) is 2. The van der Waals surface area contributed by atoms with E-state index >= 15 is 0 Å². The topological polar surface area (TPSA) is 59.5 Å². The van der Waals surface area contributed by atoms with Gasteiger partial charge in [0.05, 0.1) is 24.4 Å². The Balaban J connectivity index is 1.65. The van der Waals surface area contributed by atoms with Gasteiger partial charge in [-0.25, -0.2) is 0 Å². The maximum absolute atomic E-state index is 6.10. The molecule has 2 saturated heterocycles. The van der Waals surface area contributed by atoms with E-state index in [1.54, 1.807) is 0 Å². The Morgan fingerprint density at radius 2 is 2.26 bits per heavy atom. The largest absolute Gasteiger partial charge is 0.380 e. The number of aryl methyl sites for hydroxylation is 1. The van der Waals surface area contributed by atoms with Gasteiger partial charge in [-0.05, 0) is 44.7 Å². The highest BCUT2D eigenvalue weighted by molar-refractivity contribution is 5.35. The minimum absolute atomic E-state index is 0.257. The van der Waals surface area contributed by atoms with Crippen LogP contribution in [0.4, 0.5) is 5.82 Å². The number of aromatic nitrogens is 2. The zero-order valence-electron chi connectivity index (χ0n) is 14.2. The maximum atomic E-state index is 6.10. The van der Waals surface area contributed by atoms with E-state index < -0.39 is 0 Å². The lowest BCUT2D eigenvalue weighted by Crippen LogP contribution is -2.58. The van der Waals surface area contributed by atoms with Crippen LogP contribution in [0.15, 0.2) is 12.1 Å². The molecule has 2 fully saturated rings. The number of nitrogens with one attached hydrogen (secondary N) is 1. The fourth-order valence-electron chi connectivity index (χ4n) is 3.61. The first-order chi connectivity index (χ1) is 11.3. The standard InChI is InChI=1S/C17H28N4O2/c1-3-22-10-8-21-11-14-5-4-9-23-17(14)15(12-21)18-16-7-6-13(2)19-20-16/h6-7,14-15,17H,3-5,8-12H2,1-2H3,(H,18,20)/t14-,15+,17-/m0/s1. The SMILES string of the molecule is CCOCCN1C[C@@H]2CCCO[C@@H]2[C@H](Nc2ccc(C)nn2)C1. The van der Waals surface area contributed by atoms with Gasteiger partial charge in [-0.1, -0.05) is 0 Å². The number of anilines is 1. The Labute approximate surface area is 138 Å². The Morgan fingerprint density at radius 3 is 3.04 bits per heavy atom. The van der Waals surface area contributed by atoms with Crippen LogP contribution in [0.5, 0.6) is 0 Å². The highest BCUT2D eigenvalue weighted by Crippen LogP contribution is 2.29. The summed E-state index contributed by atoms with van der Waals surface area (Å²) in [7, 11) is 0. The first-order valence-corrected chi connectivity index (χ1v) is 8.75. The van der Waals surface area contributed by atoms with Gasteiger partial charge in [-0.3, -0.25) is 4.90 Å². The molecule has 3 rings (SSSR count). The second-order valence-electron chi connectivity index (χ2n) is 6.50. The van der Waals surface area contributed by atoms with Crippen LogP contribution in [0.25, 0.3) is 0 Å². The molecule has 3 heterocycles. The van der Waals surface area contributed by atoms with Gasteiger partial charge in [0, 0.05) is 32.8 Å². The number of likely N-dealkylation sites (tertiary alicyclic amines) is 1. The van der Waals surface area contributed by atoms with Crippen LogP contribution in [0, 0.1) is 12.8 Å². The molecule has 0 radical (unpaired) electrons. The van der Waals surface area contributed by atoms with Crippen molar-refractivity contribution in [2.24, 2.45) is 5.92 Å². The lowest BCUT2D eigenvalue weighted by atomic mass is 9.85. The summed E-state index contributed by atoms with van der Waals surface area (Å²) >= 11 is 0. The van der Waals surface area contributed by atoms with E-state index in [1.165, 1.54) is 6.42 Å². The summed E-state index contributed by atoms with van der Waals surface area (Å²) in [6, 6.07) is 4.25. The van der Waals surface area contributed by atoms with Gasteiger partial charge in [-0.15, -0.1) is 5.10 Å². The van der Waals surface area contributed by atoms with Crippen molar-refractivity contribution in [3.8, 4) is 0 Å². The van der Waals surface area contributed by atoms with Gasteiger partial charge in [0.2, 0.25) is 0 Å². The van der Waals surface area contributed by atoms with Crippen molar-refractivity contribution in [2.75, 3.05) is 44.8 Å². The van der Waals surface area contributed by atoms with Crippen LogP contribution in [-0.4, -0.2) is 66.7 Å². The van der Waals surface area contributed by atoms with E-state index in [4.69, 9.17) is 9.47 Å². The molecule has 2 aliphatic rings. The third kappa shape index (κ3) is 4.40. The van der Waals surface area contributed by atoms with Gasteiger partial charge in [0.25, 0.3) is 0 Å². The van der Waals surface area contributed by atoms with Crippen LogP contribution < -0.4 is 5.32 Å². The summed E-state index contributed by atoms with van der Waals surface area (Å²) in [6.45, 7) is 9.50. The summed E-state index contributed by atoms with van der Waals surface area (Å²) in [6.07, 6.45) is 2.68. The van der Waals surface area contributed by atoms with E-state index in [1.807, 2.05) is 26.0 Å². The molecule has 128 valence electrons. The van der Waals surface area contributed by atoms with Crippen LogP contribution in [-0.2, 0) is 9.47 Å². The number of fused-ring (bicyclic) bond motifs is 1. The monoisotopic (exact) mass is 320 g/mol. The van der Waals surface area contributed by atoms with E-state index in [0.29, 0.717) is 5.92 Å². The van der Waals surface area contributed by atoms with E-state index in [9.17, 15) is 0 Å². The average Bonchev–Trinajstić information content (AvgIpc) is 2.57. The average molecular weight is 320 g/mol. The van der Waals surface area contributed by atoms with Crippen LogP contribution in [0.2, 0.25) is 0 Å². The summed E-state index contributed by atoms with van der Waals surface area (Å²) in [5.41, 5.74) is 0.935. The van der Waals surface area contributed by atoms with Crippen molar-refractivity contribution in [2.45, 2.75) is 38.8 Å². The summed E-state index contributed by atoms with van der Waals surface area (Å²) < 4.78 is 11.6. The number of nitrogens with zero attached hydrogens (tertiary/aromatic N) is 3. The first-order valence-electron chi connectivity index (χ1n) is 8.75. The van der Waals surface area contributed by atoms with Gasteiger partial charge < -0.3 is 14.8 Å². The molecular formula is C17H28N4O2. The fourth-order valence-corrected chi connectivity index (χ4v) is 3.61. The van der Waals surface area contributed by atoms with Crippen molar-refractivity contribution < 1.29 is 9.47 Å². The first kappa shape index (κ1) is 16.6. The molecule has 2 aliphatic heterocycles. The van der Waals surface area contributed by atoms with E-state index in [2.05, 4.69) is 20.4 Å². The number of hydrogen-bond donors (Lipinski definition) is 1. The second-order valence-corrected chi connectivity index (χ2v) is 6.50. The zero-order valence-corrected chi connectivity index (χ0v) is 14.2. The van der Waals surface area contributed by atoms with Crippen molar-refractivity contribution >= 4 is 5.82 Å². The highest BCUT2D eigenvalue weighted by Gasteiger charge is 2.39. The predicted octanol–water partition coefficient (Wildman–Crippen LogP) is 1.71. The Kier molecular flexibility index (Phi) is 5.80. The maximum Gasteiger partial charge on any atom is 0.149 e. The summed E-state index contributed by atoms with van der Waals surface area (Å²) in [5, 5.41) is 11.9. The number of hydrogen-bond acceptors (Lipinski definition) is 6. The molecule has 6 nitrogen and oxygen atoms in total. The van der Waals surface area contributed by atoms with Crippen molar-refractivity contribution in [1.29, 1.82) is 0 Å². The predicted molar refractivity (Wildman–Crippen MR) is 89.6 cm³/mol. The Morgan fingerprint density at radius 1 is 1.35 bits per heavy atom.